The first-order valence-corrected chi connectivity index (χ1v) is 10.8. The van der Waals surface area contributed by atoms with Crippen molar-refractivity contribution < 1.29 is 4.79 Å². The van der Waals surface area contributed by atoms with Gasteiger partial charge in [-0.3, -0.25) is 19.1 Å². The summed E-state index contributed by atoms with van der Waals surface area (Å²) < 4.78 is 1.37. The summed E-state index contributed by atoms with van der Waals surface area (Å²) in [5.41, 5.74) is 7.73. The molecule has 1 unspecified atom stereocenters. The molecule has 3 N–H and O–H groups in total. The molecule has 0 bridgehead atoms. The number of hydrogen-bond donors (Lipinski definition) is 2. The van der Waals surface area contributed by atoms with Gasteiger partial charge < -0.3 is 10.6 Å². The topological polar surface area (TPSA) is 101 Å². The number of benzene rings is 1. The first-order valence-electron chi connectivity index (χ1n) is 10.8. The molecule has 1 aliphatic rings. The average molecular weight is 413 g/mol. The van der Waals surface area contributed by atoms with E-state index in [1.807, 2.05) is 32.9 Å². The highest BCUT2D eigenvalue weighted by atomic mass is 16.2. The van der Waals surface area contributed by atoms with E-state index in [1.54, 1.807) is 0 Å². The number of unbranched alkanes of at least 4 members (excludes halogenated alkanes) is 1. The first kappa shape index (κ1) is 21.9. The Bertz CT molecular complexity index is 1020. The number of fused-ring (bicyclic) bond motifs is 1. The highest BCUT2D eigenvalue weighted by molar-refractivity contribution is 5.96. The molecule has 1 atom stereocenters. The Morgan fingerprint density at radius 3 is 2.73 bits per heavy atom. The van der Waals surface area contributed by atoms with Crippen LogP contribution in [0.15, 0.2) is 33.9 Å². The van der Waals surface area contributed by atoms with Gasteiger partial charge in [0.2, 0.25) is 5.91 Å². The summed E-state index contributed by atoms with van der Waals surface area (Å²) in [4.78, 5) is 42.2. The number of H-pyrrole nitrogens is 1. The number of anilines is 2. The molecular weight excluding hydrogens is 380 g/mol. The van der Waals surface area contributed by atoms with Crippen LogP contribution in [0.4, 0.5) is 11.5 Å². The van der Waals surface area contributed by atoms with Gasteiger partial charge in [-0.25, -0.2) is 4.79 Å². The number of aromatic amines is 1. The maximum Gasteiger partial charge on any atom is 0.330 e. The lowest BCUT2D eigenvalue weighted by Crippen LogP contribution is -2.43. The molecule has 1 aliphatic carbocycles. The van der Waals surface area contributed by atoms with E-state index in [2.05, 4.69) is 17.1 Å². The van der Waals surface area contributed by atoms with Gasteiger partial charge in [-0.05, 0) is 42.2 Å². The smallest absolute Gasteiger partial charge is 0.330 e. The second-order valence-corrected chi connectivity index (χ2v) is 8.54. The summed E-state index contributed by atoms with van der Waals surface area (Å²) in [7, 11) is 0. The van der Waals surface area contributed by atoms with Crippen LogP contribution in [-0.2, 0) is 17.8 Å². The summed E-state index contributed by atoms with van der Waals surface area (Å²) in [6.45, 7) is 6.77. The van der Waals surface area contributed by atoms with E-state index in [0.29, 0.717) is 19.5 Å². The fraction of sp³-hybridized carbons (Fsp3) is 0.522. The number of nitrogen functional groups attached to an aromatic ring is 1. The van der Waals surface area contributed by atoms with Crippen LogP contribution in [0.5, 0.6) is 0 Å². The van der Waals surface area contributed by atoms with Crippen LogP contribution < -0.4 is 21.9 Å². The lowest BCUT2D eigenvalue weighted by atomic mass is 9.97. The molecular formula is C23H32N4O3. The standard InChI is InChI=1S/C23H32N4O3/c1-4-5-12-26-21(24)20(22(29)25-23(26)30)27(14-15(2)3)19(28)13-17-11-10-16-8-6-7-9-18(16)17/h6-9,15,17H,4-5,10-14,24H2,1-3H3,(H,25,29,30). The minimum atomic E-state index is -0.605. The predicted octanol–water partition coefficient (Wildman–Crippen LogP) is 3.03. The van der Waals surface area contributed by atoms with E-state index in [9.17, 15) is 14.4 Å². The van der Waals surface area contributed by atoms with Gasteiger partial charge in [-0.1, -0.05) is 51.5 Å². The van der Waals surface area contributed by atoms with Crippen molar-refractivity contribution >= 4 is 17.4 Å². The van der Waals surface area contributed by atoms with Crippen LogP contribution in [-0.4, -0.2) is 22.0 Å². The number of carbonyl (C=O) groups excluding carboxylic acids is 1. The van der Waals surface area contributed by atoms with Crippen LogP contribution in [0, 0.1) is 5.92 Å². The van der Waals surface area contributed by atoms with Crippen molar-refractivity contribution in [1.29, 1.82) is 0 Å². The minimum Gasteiger partial charge on any atom is -0.383 e. The zero-order chi connectivity index (χ0) is 21.8. The van der Waals surface area contributed by atoms with Crippen LogP contribution in [0.2, 0.25) is 0 Å². The average Bonchev–Trinajstić information content (AvgIpc) is 3.09. The summed E-state index contributed by atoms with van der Waals surface area (Å²) >= 11 is 0. The van der Waals surface area contributed by atoms with Crippen molar-refractivity contribution in [3.05, 3.63) is 56.2 Å². The molecule has 0 aliphatic heterocycles. The quantitative estimate of drug-likeness (QED) is 0.696. The molecule has 0 saturated carbocycles. The van der Waals surface area contributed by atoms with Crippen molar-refractivity contribution in [2.24, 2.45) is 5.92 Å². The second kappa shape index (κ2) is 9.32. The van der Waals surface area contributed by atoms with Crippen molar-refractivity contribution in [2.75, 3.05) is 17.2 Å². The van der Waals surface area contributed by atoms with Crippen molar-refractivity contribution in [3.8, 4) is 0 Å². The van der Waals surface area contributed by atoms with Crippen LogP contribution in [0.25, 0.3) is 0 Å². The second-order valence-electron chi connectivity index (χ2n) is 8.54. The number of nitrogens with two attached hydrogens (primary N) is 1. The van der Waals surface area contributed by atoms with Gasteiger partial charge in [0.25, 0.3) is 5.56 Å². The molecule has 1 aromatic heterocycles. The molecule has 2 aromatic rings. The van der Waals surface area contributed by atoms with Crippen molar-refractivity contribution in [2.45, 2.75) is 65.3 Å². The van der Waals surface area contributed by atoms with Gasteiger partial charge in [0, 0.05) is 19.5 Å². The summed E-state index contributed by atoms with van der Waals surface area (Å²) in [5, 5.41) is 0. The zero-order valence-corrected chi connectivity index (χ0v) is 18.1. The predicted molar refractivity (Wildman–Crippen MR) is 120 cm³/mol. The molecule has 1 heterocycles. The summed E-state index contributed by atoms with van der Waals surface area (Å²) in [6.07, 6.45) is 3.84. The first-order chi connectivity index (χ1) is 14.3. The molecule has 7 heteroatoms. The number of amides is 1. The third-order valence-corrected chi connectivity index (χ3v) is 5.75. The van der Waals surface area contributed by atoms with Crippen LogP contribution >= 0.6 is 0 Å². The van der Waals surface area contributed by atoms with Crippen LogP contribution in [0.1, 0.15) is 63.5 Å². The molecule has 7 nitrogen and oxygen atoms in total. The molecule has 3 rings (SSSR count). The maximum atomic E-state index is 13.4. The Morgan fingerprint density at radius 1 is 1.30 bits per heavy atom. The Morgan fingerprint density at radius 2 is 2.03 bits per heavy atom. The number of nitrogens with zero attached hydrogens (tertiary/aromatic N) is 2. The van der Waals surface area contributed by atoms with Gasteiger partial charge in [0.15, 0.2) is 5.69 Å². The van der Waals surface area contributed by atoms with E-state index in [-0.39, 0.29) is 29.2 Å². The molecule has 0 radical (unpaired) electrons. The van der Waals surface area contributed by atoms with E-state index in [1.165, 1.54) is 20.6 Å². The van der Waals surface area contributed by atoms with Gasteiger partial charge in [-0.2, -0.15) is 0 Å². The number of aryl methyl sites for hydroxylation is 1. The van der Waals surface area contributed by atoms with E-state index in [0.717, 1.165) is 25.7 Å². The third-order valence-electron chi connectivity index (χ3n) is 5.75. The molecule has 0 saturated heterocycles. The number of carbonyl (C=O) groups is 1. The Balaban J connectivity index is 1.96. The lowest BCUT2D eigenvalue weighted by Gasteiger charge is -2.27. The SMILES string of the molecule is CCCCn1c(N)c(N(CC(C)C)C(=O)CC2CCc3ccccc32)c(=O)[nH]c1=O. The molecule has 162 valence electrons. The molecule has 0 fully saturated rings. The van der Waals surface area contributed by atoms with Gasteiger partial charge in [-0.15, -0.1) is 0 Å². The fourth-order valence-corrected chi connectivity index (χ4v) is 4.24. The normalized spacial score (nSPS) is 15.4. The zero-order valence-electron chi connectivity index (χ0n) is 18.1. The van der Waals surface area contributed by atoms with Gasteiger partial charge in [0.1, 0.15) is 5.82 Å². The number of hydrogen-bond acceptors (Lipinski definition) is 4. The lowest BCUT2D eigenvalue weighted by molar-refractivity contribution is -0.119. The van der Waals surface area contributed by atoms with Gasteiger partial charge >= 0.3 is 5.69 Å². The summed E-state index contributed by atoms with van der Waals surface area (Å²) in [6, 6.07) is 8.21. The Labute approximate surface area is 176 Å². The monoisotopic (exact) mass is 412 g/mol. The highest BCUT2D eigenvalue weighted by Gasteiger charge is 2.30. The molecule has 0 spiro atoms. The number of rotatable bonds is 8. The van der Waals surface area contributed by atoms with E-state index >= 15 is 0 Å². The van der Waals surface area contributed by atoms with E-state index in [4.69, 9.17) is 5.73 Å². The van der Waals surface area contributed by atoms with Crippen molar-refractivity contribution in [1.82, 2.24) is 9.55 Å². The Kier molecular flexibility index (Phi) is 6.80. The summed E-state index contributed by atoms with van der Waals surface area (Å²) in [5.74, 6) is 0.204. The highest BCUT2D eigenvalue weighted by Crippen LogP contribution is 2.36. The molecule has 30 heavy (non-hydrogen) atoms. The third kappa shape index (κ3) is 4.50. The van der Waals surface area contributed by atoms with Crippen LogP contribution in [0.3, 0.4) is 0 Å². The number of nitrogens with one attached hydrogen (secondary N) is 1. The largest absolute Gasteiger partial charge is 0.383 e. The molecule has 1 aromatic carbocycles. The number of aromatic nitrogens is 2. The van der Waals surface area contributed by atoms with E-state index < -0.39 is 11.2 Å². The van der Waals surface area contributed by atoms with Gasteiger partial charge in [0.05, 0.1) is 0 Å². The fourth-order valence-electron chi connectivity index (χ4n) is 4.24. The maximum absolute atomic E-state index is 13.4. The Hall–Kier alpha value is -2.83. The minimum absolute atomic E-state index is 0.0676. The van der Waals surface area contributed by atoms with Crippen molar-refractivity contribution in [3.63, 3.8) is 0 Å². The molecule has 1 amide bonds.